The van der Waals surface area contributed by atoms with Gasteiger partial charge in [0.05, 0.1) is 19.0 Å². The van der Waals surface area contributed by atoms with Gasteiger partial charge >= 0.3 is 0 Å². The van der Waals surface area contributed by atoms with E-state index in [-0.39, 0.29) is 5.95 Å². The fraction of sp³-hybridized carbons (Fsp3) is 0.167. The third-order valence-electron chi connectivity index (χ3n) is 2.37. The van der Waals surface area contributed by atoms with E-state index in [0.717, 1.165) is 11.3 Å². The molecule has 94 valence electrons. The highest BCUT2D eigenvalue weighted by molar-refractivity contribution is 6.32. The van der Waals surface area contributed by atoms with Crippen LogP contribution in [0.2, 0.25) is 5.02 Å². The van der Waals surface area contributed by atoms with Gasteiger partial charge in [-0.3, -0.25) is 0 Å². The first-order valence-corrected chi connectivity index (χ1v) is 5.67. The van der Waals surface area contributed by atoms with Crippen LogP contribution in [0.3, 0.4) is 0 Å². The number of nitrogens with zero attached hydrogens (tertiary/aromatic N) is 2. The van der Waals surface area contributed by atoms with E-state index in [1.54, 1.807) is 7.11 Å². The van der Waals surface area contributed by atoms with E-state index < -0.39 is 0 Å². The number of aryl methyl sites for hydroxylation is 1. The van der Waals surface area contributed by atoms with Crippen LogP contribution in [0.25, 0.3) is 0 Å². The highest BCUT2D eigenvalue weighted by Crippen LogP contribution is 2.30. The van der Waals surface area contributed by atoms with Gasteiger partial charge in [-0.25, -0.2) is 4.98 Å². The van der Waals surface area contributed by atoms with Crippen LogP contribution in [0.4, 0.5) is 17.5 Å². The molecule has 0 atom stereocenters. The lowest BCUT2D eigenvalue weighted by molar-refractivity contribution is 0.416. The molecule has 0 aliphatic carbocycles. The van der Waals surface area contributed by atoms with Gasteiger partial charge in [-0.15, -0.1) is 0 Å². The number of benzene rings is 1. The summed E-state index contributed by atoms with van der Waals surface area (Å²) in [7, 11) is 1.60. The van der Waals surface area contributed by atoms with Gasteiger partial charge in [0.2, 0.25) is 5.95 Å². The van der Waals surface area contributed by atoms with Crippen LogP contribution in [0.5, 0.6) is 5.75 Å². The molecule has 0 saturated heterocycles. The Bertz CT molecular complexity index is 574. The number of hydrogen-bond acceptors (Lipinski definition) is 5. The summed E-state index contributed by atoms with van der Waals surface area (Å²) in [6.07, 6.45) is 1.45. The molecule has 5 nitrogen and oxygen atoms in total. The maximum absolute atomic E-state index is 6.00. The highest BCUT2D eigenvalue weighted by Gasteiger charge is 2.08. The van der Waals surface area contributed by atoms with Gasteiger partial charge < -0.3 is 15.8 Å². The molecule has 18 heavy (non-hydrogen) atoms. The topological polar surface area (TPSA) is 73.1 Å². The standard InChI is InChI=1S/C12H13ClN4O/c1-7-3-4-10(18-2)9(5-7)16-11-8(13)6-15-12(14)17-11/h3-6H,1-2H3,(H3,14,15,16,17). The molecule has 0 radical (unpaired) electrons. The molecule has 0 amide bonds. The van der Waals surface area contributed by atoms with Gasteiger partial charge in [-0.05, 0) is 24.6 Å². The molecule has 1 heterocycles. The Morgan fingerprint density at radius 2 is 2.17 bits per heavy atom. The molecule has 0 aliphatic heterocycles. The maximum Gasteiger partial charge on any atom is 0.222 e. The van der Waals surface area contributed by atoms with E-state index in [9.17, 15) is 0 Å². The lowest BCUT2D eigenvalue weighted by atomic mass is 10.2. The summed E-state index contributed by atoms with van der Waals surface area (Å²) >= 11 is 6.00. The quantitative estimate of drug-likeness (QED) is 0.892. The van der Waals surface area contributed by atoms with Crippen LogP contribution in [0.15, 0.2) is 24.4 Å². The average Bonchev–Trinajstić information content (AvgIpc) is 2.34. The van der Waals surface area contributed by atoms with Gasteiger partial charge in [0.15, 0.2) is 5.82 Å². The van der Waals surface area contributed by atoms with Crippen molar-refractivity contribution in [1.82, 2.24) is 9.97 Å². The first-order valence-electron chi connectivity index (χ1n) is 5.30. The van der Waals surface area contributed by atoms with Crippen molar-refractivity contribution in [2.45, 2.75) is 6.92 Å². The second-order valence-electron chi connectivity index (χ2n) is 3.75. The zero-order valence-corrected chi connectivity index (χ0v) is 10.8. The van der Waals surface area contributed by atoms with Gasteiger partial charge in [0.25, 0.3) is 0 Å². The Hall–Kier alpha value is -2.01. The molecule has 0 saturated carbocycles. The molecular weight excluding hydrogens is 252 g/mol. The van der Waals surface area contributed by atoms with Gasteiger partial charge in [0, 0.05) is 0 Å². The van der Waals surface area contributed by atoms with Crippen LogP contribution in [0.1, 0.15) is 5.56 Å². The second kappa shape index (κ2) is 5.10. The van der Waals surface area contributed by atoms with Gasteiger partial charge in [-0.2, -0.15) is 4.98 Å². The zero-order chi connectivity index (χ0) is 13.1. The number of halogens is 1. The second-order valence-corrected chi connectivity index (χ2v) is 4.16. The van der Waals surface area contributed by atoms with Crippen LogP contribution in [-0.4, -0.2) is 17.1 Å². The molecule has 1 aromatic heterocycles. The molecule has 3 N–H and O–H groups in total. The summed E-state index contributed by atoms with van der Waals surface area (Å²) in [5.74, 6) is 1.32. The lowest BCUT2D eigenvalue weighted by Gasteiger charge is -2.12. The van der Waals surface area contributed by atoms with Crippen molar-refractivity contribution in [2.24, 2.45) is 0 Å². The van der Waals surface area contributed by atoms with Crippen LogP contribution < -0.4 is 15.8 Å². The smallest absolute Gasteiger partial charge is 0.222 e. The predicted octanol–water partition coefficient (Wildman–Crippen LogP) is 2.77. The average molecular weight is 265 g/mol. The molecule has 6 heteroatoms. The molecule has 0 spiro atoms. The molecule has 0 unspecified atom stereocenters. The summed E-state index contributed by atoms with van der Waals surface area (Å²) in [6, 6.07) is 5.77. The summed E-state index contributed by atoms with van der Waals surface area (Å²) in [4.78, 5) is 7.85. The van der Waals surface area contributed by atoms with Crippen LogP contribution in [0, 0.1) is 6.92 Å². The summed E-state index contributed by atoms with van der Waals surface area (Å²) in [6.45, 7) is 1.99. The van der Waals surface area contributed by atoms with Crippen LogP contribution in [-0.2, 0) is 0 Å². The van der Waals surface area contributed by atoms with E-state index in [1.165, 1.54) is 6.20 Å². The van der Waals surface area contributed by atoms with E-state index in [4.69, 9.17) is 22.1 Å². The number of rotatable bonds is 3. The number of nitrogens with one attached hydrogen (secondary N) is 1. The zero-order valence-electron chi connectivity index (χ0n) is 10.1. The molecule has 0 bridgehead atoms. The van der Waals surface area contributed by atoms with E-state index in [0.29, 0.717) is 16.6 Å². The third-order valence-corrected chi connectivity index (χ3v) is 2.65. The Labute approximate surface area is 110 Å². The Morgan fingerprint density at radius 3 is 2.89 bits per heavy atom. The lowest BCUT2D eigenvalue weighted by Crippen LogP contribution is -2.01. The molecule has 1 aromatic carbocycles. The van der Waals surface area contributed by atoms with Gasteiger partial charge in [0.1, 0.15) is 10.8 Å². The Balaban J connectivity index is 2.38. The number of anilines is 3. The number of nitrogen functional groups attached to an aromatic ring is 1. The van der Waals surface area contributed by atoms with Crippen molar-refractivity contribution < 1.29 is 4.74 Å². The van der Waals surface area contributed by atoms with Crippen molar-refractivity contribution in [1.29, 1.82) is 0 Å². The first-order chi connectivity index (χ1) is 8.60. The first kappa shape index (κ1) is 12.4. The fourth-order valence-corrected chi connectivity index (χ4v) is 1.65. The minimum Gasteiger partial charge on any atom is -0.495 e. The van der Waals surface area contributed by atoms with E-state index in [1.807, 2.05) is 25.1 Å². The minimum atomic E-state index is 0.161. The number of nitrogens with two attached hydrogens (primary N) is 1. The van der Waals surface area contributed by atoms with E-state index in [2.05, 4.69) is 15.3 Å². The Morgan fingerprint density at radius 1 is 1.39 bits per heavy atom. The third kappa shape index (κ3) is 2.62. The normalized spacial score (nSPS) is 10.2. The van der Waals surface area contributed by atoms with Crippen molar-refractivity contribution >= 4 is 29.1 Å². The highest BCUT2D eigenvalue weighted by atomic mass is 35.5. The SMILES string of the molecule is COc1ccc(C)cc1Nc1nc(N)ncc1Cl. The number of methoxy groups -OCH3 is 1. The number of hydrogen-bond donors (Lipinski definition) is 2. The number of ether oxygens (including phenoxy) is 1. The molecule has 0 fully saturated rings. The molecule has 0 aliphatic rings. The largest absolute Gasteiger partial charge is 0.495 e. The van der Waals surface area contributed by atoms with Crippen molar-refractivity contribution in [3.63, 3.8) is 0 Å². The fourth-order valence-electron chi connectivity index (χ4n) is 1.52. The monoisotopic (exact) mass is 264 g/mol. The van der Waals surface area contributed by atoms with E-state index >= 15 is 0 Å². The minimum absolute atomic E-state index is 0.161. The van der Waals surface area contributed by atoms with Crippen molar-refractivity contribution in [3.8, 4) is 5.75 Å². The number of aromatic nitrogens is 2. The Kier molecular flexibility index (Phi) is 3.53. The summed E-state index contributed by atoms with van der Waals surface area (Å²) in [5, 5.41) is 3.48. The summed E-state index contributed by atoms with van der Waals surface area (Å²) in [5.41, 5.74) is 7.40. The van der Waals surface area contributed by atoms with Crippen molar-refractivity contribution in [3.05, 3.63) is 35.0 Å². The van der Waals surface area contributed by atoms with Crippen molar-refractivity contribution in [2.75, 3.05) is 18.2 Å². The predicted molar refractivity (Wildman–Crippen MR) is 72.5 cm³/mol. The van der Waals surface area contributed by atoms with Crippen LogP contribution >= 0.6 is 11.6 Å². The summed E-state index contributed by atoms with van der Waals surface area (Å²) < 4.78 is 5.26. The maximum atomic E-state index is 6.00. The molecule has 2 aromatic rings. The van der Waals surface area contributed by atoms with Gasteiger partial charge in [-0.1, -0.05) is 17.7 Å². The molecule has 2 rings (SSSR count). The molecular formula is C12H13ClN4O.